The van der Waals surface area contributed by atoms with Crippen LogP contribution in [0.5, 0.6) is 0 Å². The van der Waals surface area contributed by atoms with Crippen LogP contribution in [0.25, 0.3) is 0 Å². The molecule has 7 nitrogen and oxygen atoms in total. The van der Waals surface area contributed by atoms with Crippen LogP contribution >= 0.6 is 0 Å². The van der Waals surface area contributed by atoms with Crippen LogP contribution in [0.3, 0.4) is 0 Å². The SMILES string of the molecule is CCc1c(C(=O)OC)nnn1CCNC(C)=O. The minimum Gasteiger partial charge on any atom is -0.464 e. The summed E-state index contributed by atoms with van der Waals surface area (Å²) >= 11 is 0. The summed E-state index contributed by atoms with van der Waals surface area (Å²) in [5, 5.41) is 10.3. The van der Waals surface area contributed by atoms with Crippen LogP contribution in [0.1, 0.15) is 30.0 Å². The van der Waals surface area contributed by atoms with Crippen molar-refractivity contribution >= 4 is 11.9 Å². The second-order valence-electron chi connectivity index (χ2n) is 3.44. The number of ether oxygens (including phenoxy) is 1. The van der Waals surface area contributed by atoms with Gasteiger partial charge in [-0.05, 0) is 6.42 Å². The van der Waals surface area contributed by atoms with Crippen molar-refractivity contribution in [2.24, 2.45) is 0 Å². The molecule has 0 atom stereocenters. The van der Waals surface area contributed by atoms with Gasteiger partial charge in [0.05, 0.1) is 19.3 Å². The van der Waals surface area contributed by atoms with E-state index in [9.17, 15) is 9.59 Å². The van der Waals surface area contributed by atoms with E-state index in [0.717, 1.165) is 0 Å². The highest BCUT2D eigenvalue weighted by Gasteiger charge is 2.18. The standard InChI is InChI=1S/C10H16N4O3/c1-4-8-9(10(16)17-3)12-13-14(8)6-5-11-7(2)15/h4-6H2,1-3H3,(H,11,15). The molecular formula is C10H16N4O3. The minimum absolute atomic E-state index is 0.101. The van der Waals surface area contributed by atoms with E-state index < -0.39 is 5.97 Å². The summed E-state index contributed by atoms with van der Waals surface area (Å²) in [6.07, 6.45) is 0.623. The lowest BCUT2D eigenvalue weighted by Gasteiger charge is -2.05. The molecule has 0 saturated carbocycles. The first-order valence-electron chi connectivity index (χ1n) is 5.35. The number of rotatable bonds is 5. The smallest absolute Gasteiger partial charge is 0.360 e. The molecule has 0 aliphatic rings. The Bertz CT molecular complexity index is 414. The molecule has 0 aromatic carbocycles. The quantitative estimate of drug-likeness (QED) is 0.718. The Morgan fingerprint density at radius 1 is 1.47 bits per heavy atom. The molecule has 1 amide bonds. The van der Waals surface area contributed by atoms with Crippen LogP contribution in [-0.2, 0) is 22.5 Å². The number of hydrogen-bond acceptors (Lipinski definition) is 5. The van der Waals surface area contributed by atoms with Crippen LogP contribution in [-0.4, -0.2) is 40.5 Å². The molecule has 0 saturated heterocycles. The van der Waals surface area contributed by atoms with Gasteiger partial charge in [-0.15, -0.1) is 5.10 Å². The molecule has 1 heterocycles. The van der Waals surface area contributed by atoms with E-state index in [1.165, 1.54) is 14.0 Å². The Morgan fingerprint density at radius 3 is 2.71 bits per heavy atom. The zero-order valence-electron chi connectivity index (χ0n) is 10.2. The number of carbonyl (C=O) groups is 2. The van der Waals surface area contributed by atoms with Crippen molar-refractivity contribution in [1.29, 1.82) is 0 Å². The topological polar surface area (TPSA) is 86.1 Å². The van der Waals surface area contributed by atoms with Gasteiger partial charge in [-0.3, -0.25) is 4.79 Å². The highest BCUT2D eigenvalue weighted by molar-refractivity contribution is 5.88. The van der Waals surface area contributed by atoms with Crippen LogP contribution in [0.15, 0.2) is 0 Å². The minimum atomic E-state index is -0.493. The van der Waals surface area contributed by atoms with Crippen LogP contribution in [0.4, 0.5) is 0 Å². The van der Waals surface area contributed by atoms with E-state index in [-0.39, 0.29) is 11.6 Å². The van der Waals surface area contributed by atoms with Gasteiger partial charge in [-0.1, -0.05) is 12.1 Å². The van der Waals surface area contributed by atoms with E-state index in [0.29, 0.717) is 25.2 Å². The molecule has 0 fully saturated rings. The van der Waals surface area contributed by atoms with Crippen molar-refractivity contribution in [2.45, 2.75) is 26.8 Å². The normalized spacial score (nSPS) is 10.1. The number of nitrogens with one attached hydrogen (secondary N) is 1. The van der Waals surface area contributed by atoms with Gasteiger partial charge in [0.25, 0.3) is 0 Å². The van der Waals surface area contributed by atoms with E-state index in [2.05, 4.69) is 20.4 Å². The molecular weight excluding hydrogens is 224 g/mol. The monoisotopic (exact) mass is 240 g/mol. The Balaban J connectivity index is 2.76. The summed E-state index contributed by atoms with van der Waals surface area (Å²) in [7, 11) is 1.30. The van der Waals surface area contributed by atoms with Gasteiger partial charge >= 0.3 is 5.97 Å². The van der Waals surface area contributed by atoms with Gasteiger partial charge < -0.3 is 10.1 Å². The van der Waals surface area contributed by atoms with Gasteiger partial charge in [-0.25, -0.2) is 9.48 Å². The molecule has 94 valence electrons. The number of methoxy groups -OCH3 is 1. The molecule has 17 heavy (non-hydrogen) atoms. The molecule has 0 spiro atoms. The van der Waals surface area contributed by atoms with Crippen LogP contribution < -0.4 is 5.32 Å². The third-order valence-corrected chi connectivity index (χ3v) is 2.25. The first kappa shape index (κ1) is 13.1. The Labute approximate surface area is 99.1 Å². The van der Waals surface area contributed by atoms with Gasteiger partial charge in [0.2, 0.25) is 5.91 Å². The highest BCUT2D eigenvalue weighted by Crippen LogP contribution is 2.07. The summed E-state index contributed by atoms with van der Waals surface area (Å²) in [6, 6.07) is 0. The Kier molecular flexibility index (Phi) is 4.62. The van der Waals surface area contributed by atoms with E-state index in [1.807, 2.05) is 6.92 Å². The van der Waals surface area contributed by atoms with Gasteiger partial charge in [0.1, 0.15) is 0 Å². The molecule has 1 aromatic rings. The van der Waals surface area contributed by atoms with Crippen molar-refractivity contribution in [3.05, 3.63) is 11.4 Å². The number of aromatic nitrogens is 3. The van der Waals surface area contributed by atoms with E-state index in [1.54, 1.807) is 4.68 Å². The number of esters is 1. The van der Waals surface area contributed by atoms with Crippen molar-refractivity contribution in [3.8, 4) is 0 Å². The molecule has 1 N–H and O–H groups in total. The number of hydrogen-bond donors (Lipinski definition) is 1. The van der Waals surface area contributed by atoms with Crippen LogP contribution in [0.2, 0.25) is 0 Å². The first-order valence-corrected chi connectivity index (χ1v) is 5.35. The number of amides is 1. The molecule has 1 aromatic heterocycles. The maximum atomic E-state index is 11.4. The predicted octanol–water partition coefficient (Wildman–Crippen LogP) is -0.237. The third kappa shape index (κ3) is 3.27. The fraction of sp³-hybridized carbons (Fsp3) is 0.600. The average molecular weight is 240 g/mol. The Morgan fingerprint density at radius 2 is 2.18 bits per heavy atom. The molecule has 1 rings (SSSR count). The first-order chi connectivity index (χ1) is 8.10. The second-order valence-corrected chi connectivity index (χ2v) is 3.44. The lowest BCUT2D eigenvalue weighted by molar-refractivity contribution is -0.119. The summed E-state index contributed by atoms with van der Waals surface area (Å²) in [5.41, 5.74) is 0.944. The largest absolute Gasteiger partial charge is 0.464 e. The summed E-state index contributed by atoms with van der Waals surface area (Å²) in [4.78, 5) is 22.1. The Hall–Kier alpha value is -1.92. The lowest BCUT2D eigenvalue weighted by Crippen LogP contribution is -2.25. The number of carbonyl (C=O) groups excluding carboxylic acids is 2. The zero-order valence-corrected chi connectivity index (χ0v) is 10.2. The predicted molar refractivity (Wildman–Crippen MR) is 59.4 cm³/mol. The maximum Gasteiger partial charge on any atom is 0.360 e. The summed E-state index contributed by atoms with van der Waals surface area (Å²) in [5.74, 6) is -0.594. The van der Waals surface area contributed by atoms with Crippen molar-refractivity contribution in [3.63, 3.8) is 0 Å². The molecule has 0 bridgehead atoms. The summed E-state index contributed by atoms with van der Waals surface area (Å²) < 4.78 is 6.21. The fourth-order valence-corrected chi connectivity index (χ4v) is 1.46. The molecule has 0 unspecified atom stereocenters. The number of nitrogens with zero attached hydrogens (tertiary/aromatic N) is 3. The van der Waals surface area contributed by atoms with Crippen molar-refractivity contribution in [1.82, 2.24) is 20.3 Å². The zero-order chi connectivity index (χ0) is 12.8. The van der Waals surface area contributed by atoms with Crippen molar-refractivity contribution in [2.75, 3.05) is 13.7 Å². The molecule has 0 aliphatic carbocycles. The molecule has 0 aliphatic heterocycles. The lowest BCUT2D eigenvalue weighted by atomic mass is 10.2. The van der Waals surface area contributed by atoms with Gasteiger partial charge in [0.15, 0.2) is 5.69 Å². The molecule has 0 radical (unpaired) electrons. The van der Waals surface area contributed by atoms with E-state index >= 15 is 0 Å². The maximum absolute atomic E-state index is 11.4. The molecule has 7 heteroatoms. The van der Waals surface area contributed by atoms with Crippen molar-refractivity contribution < 1.29 is 14.3 Å². The van der Waals surface area contributed by atoms with Crippen LogP contribution in [0, 0.1) is 0 Å². The van der Waals surface area contributed by atoms with Gasteiger partial charge in [-0.2, -0.15) is 0 Å². The fourth-order valence-electron chi connectivity index (χ4n) is 1.46. The van der Waals surface area contributed by atoms with E-state index in [4.69, 9.17) is 0 Å². The average Bonchev–Trinajstić information content (AvgIpc) is 2.70. The van der Waals surface area contributed by atoms with Gasteiger partial charge in [0, 0.05) is 13.5 Å². The second kappa shape index (κ2) is 5.97. The summed E-state index contributed by atoms with van der Waals surface area (Å²) in [6.45, 7) is 4.28. The highest BCUT2D eigenvalue weighted by atomic mass is 16.5. The third-order valence-electron chi connectivity index (χ3n) is 2.25.